The van der Waals surface area contributed by atoms with Crippen molar-refractivity contribution < 1.29 is 19.4 Å². The van der Waals surface area contributed by atoms with Gasteiger partial charge in [0.25, 0.3) is 0 Å². The average molecular weight is 318 g/mol. The SMILES string of the molecule is COc1cc(C=C2Oc3c(ccc4ccccc34)C2=O)ccc1O. The highest BCUT2D eigenvalue weighted by Crippen LogP contribution is 2.38. The van der Waals surface area contributed by atoms with Gasteiger partial charge >= 0.3 is 0 Å². The second-order valence-electron chi connectivity index (χ2n) is 5.53. The highest BCUT2D eigenvalue weighted by Gasteiger charge is 2.28. The molecule has 4 heteroatoms. The highest BCUT2D eigenvalue weighted by molar-refractivity contribution is 6.17. The van der Waals surface area contributed by atoms with Crippen molar-refractivity contribution in [2.75, 3.05) is 7.11 Å². The predicted octanol–water partition coefficient (Wildman–Crippen LogP) is 4.17. The molecular weight excluding hydrogens is 304 g/mol. The molecule has 0 bridgehead atoms. The van der Waals surface area contributed by atoms with Gasteiger partial charge in [-0.3, -0.25) is 4.79 Å². The minimum atomic E-state index is -0.150. The number of hydrogen-bond donors (Lipinski definition) is 1. The Morgan fingerprint density at radius 2 is 1.92 bits per heavy atom. The molecule has 118 valence electrons. The third kappa shape index (κ3) is 2.20. The summed E-state index contributed by atoms with van der Waals surface area (Å²) in [5, 5.41) is 11.6. The summed E-state index contributed by atoms with van der Waals surface area (Å²) in [6, 6.07) is 16.4. The summed E-state index contributed by atoms with van der Waals surface area (Å²) in [5.41, 5.74) is 1.27. The van der Waals surface area contributed by atoms with Gasteiger partial charge in [-0.1, -0.05) is 36.4 Å². The zero-order chi connectivity index (χ0) is 16.7. The lowest BCUT2D eigenvalue weighted by Crippen LogP contribution is -1.98. The van der Waals surface area contributed by atoms with E-state index >= 15 is 0 Å². The first-order valence-electron chi connectivity index (χ1n) is 7.50. The zero-order valence-electron chi connectivity index (χ0n) is 12.9. The number of phenolic OH excluding ortho intramolecular Hbond substituents is 1. The van der Waals surface area contributed by atoms with Crippen LogP contribution in [0.5, 0.6) is 17.2 Å². The maximum Gasteiger partial charge on any atom is 0.231 e. The molecule has 0 amide bonds. The number of benzene rings is 3. The van der Waals surface area contributed by atoms with E-state index in [1.165, 1.54) is 13.2 Å². The first-order valence-corrected chi connectivity index (χ1v) is 7.50. The molecule has 0 saturated carbocycles. The van der Waals surface area contributed by atoms with Crippen molar-refractivity contribution in [2.24, 2.45) is 0 Å². The Kier molecular flexibility index (Phi) is 3.24. The Morgan fingerprint density at radius 1 is 1.08 bits per heavy atom. The molecule has 0 unspecified atom stereocenters. The Labute approximate surface area is 138 Å². The van der Waals surface area contributed by atoms with Gasteiger partial charge in [-0.05, 0) is 35.2 Å². The first kappa shape index (κ1) is 14.3. The van der Waals surface area contributed by atoms with Crippen molar-refractivity contribution in [2.45, 2.75) is 0 Å². The van der Waals surface area contributed by atoms with Crippen LogP contribution in [0.2, 0.25) is 0 Å². The van der Waals surface area contributed by atoms with Crippen molar-refractivity contribution >= 4 is 22.6 Å². The summed E-state index contributed by atoms with van der Waals surface area (Å²) in [5.74, 6) is 1.09. The van der Waals surface area contributed by atoms with Gasteiger partial charge in [-0.15, -0.1) is 0 Å². The lowest BCUT2D eigenvalue weighted by Gasteiger charge is -2.05. The Hall–Kier alpha value is -3.27. The number of Topliss-reactive ketones (excluding diaryl/α,β-unsaturated/α-hetero) is 1. The van der Waals surface area contributed by atoms with E-state index < -0.39 is 0 Å². The van der Waals surface area contributed by atoms with Crippen molar-refractivity contribution in [3.8, 4) is 17.2 Å². The van der Waals surface area contributed by atoms with Gasteiger partial charge in [0.15, 0.2) is 17.3 Å². The number of carbonyl (C=O) groups is 1. The number of allylic oxidation sites excluding steroid dienone is 1. The molecule has 0 aromatic heterocycles. The first-order chi connectivity index (χ1) is 11.7. The van der Waals surface area contributed by atoms with Crippen LogP contribution < -0.4 is 9.47 Å². The van der Waals surface area contributed by atoms with Gasteiger partial charge in [0.2, 0.25) is 5.78 Å². The Morgan fingerprint density at radius 3 is 2.75 bits per heavy atom. The molecule has 1 aliphatic rings. The van der Waals surface area contributed by atoms with Crippen molar-refractivity contribution in [3.63, 3.8) is 0 Å². The molecule has 0 radical (unpaired) electrons. The van der Waals surface area contributed by atoms with Crippen LogP contribution in [0.15, 0.2) is 60.4 Å². The van der Waals surface area contributed by atoms with Gasteiger partial charge in [0, 0.05) is 5.39 Å². The number of aromatic hydroxyl groups is 1. The fourth-order valence-corrected chi connectivity index (χ4v) is 2.85. The molecule has 1 heterocycles. The largest absolute Gasteiger partial charge is 0.504 e. The third-order valence-corrected chi connectivity index (χ3v) is 4.06. The van der Waals surface area contributed by atoms with Crippen molar-refractivity contribution in [1.29, 1.82) is 0 Å². The lowest BCUT2D eigenvalue weighted by atomic mass is 10.0. The van der Waals surface area contributed by atoms with Gasteiger partial charge in [-0.2, -0.15) is 0 Å². The molecule has 1 N–H and O–H groups in total. The van der Waals surface area contributed by atoms with E-state index in [0.717, 1.165) is 10.8 Å². The van der Waals surface area contributed by atoms with Crippen LogP contribution in [0.4, 0.5) is 0 Å². The molecule has 24 heavy (non-hydrogen) atoms. The van der Waals surface area contributed by atoms with Crippen LogP contribution in [0.25, 0.3) is 16.8 Å². The minimum absolute atomic E-state index is 0.0487. The summed E-state index contributed by atoms with van der Waals surface area (Å²) in [4.78, 5) is 12.6. The average Bonchev–Trinajstić information content (AvgIpc) is 2.93. The molecular formula is C20H14O4. The summed E-state index contributed by atoms with van der Waals surface area (Å²) in [6.07, 6.45) is 1.65. The molecule has 0 fully saturated rings. The fraction of sp³-hybridized carbons (Fsp3) is 0.0500. The second kappa shape index (κ2) is 5.42. The van der Waals surface area contributed by atoms with Gasteiger partial charge in [-0.25, -0.2) is 0 Å². The number of carbonyl (C=O) groups excluding carboxylic acids is 1. The van der Waals surface area contributed by atoms with Gasteiger partial charge < -0.3 is 14.6 Å². The smallest absolute Gasteiger partial charge is 0.231 e. The van der Waals surface area contributed by atoms with Crippen molar-refractivity contribution in [3.05, 3.63) is 71.5 Å². The third-order valence-electron chi connectivity index (χ3n) is 4.06. The van der Waals surface area contributed by atoms with E-state index in [1.807, 2.05) is 30.3 Å². The van der Waals surface area contributed by atoms with E-state index in [0.29, 0.717) is 22.6 Å². The van der Waals surface area contributed by atoms with E-state index in [1.54, 1.807) is 24.3 Å². The highest BCUT2D eigenvalue weighted by atomic mass is 16.5. The fourth-order valence-electron chi connectivity index (χ4n) is 2.85. The molecule has 4 rings (SSSR count). The van der Waals surface area contributed by atoms with Crippen LogP contribution >= 0.6 is 0 Å². The van der Waals surface area contributed by atoms with Crippen LogP contribution in [0.3, 0.4) is 0 Å². The van der Waals surface area contributed by atoms with E-state index in [4.69, 9.17) is 9.47 Å². The molecule has 3 aromatic rings. The Balaban J connectivity index is 1.79. The normalized spacial score (nSPS) is 14.7. The zero-order valence-corrected chi connectivity index (χ0v) is 12.9. The number of ether oxygens (including phenoxy) is 2. The molecule has 0 aliphatic carbocycles. The molecule has 0 saturated heterocycles. The van der Waals surface area contributed by atoms with Crippen molar-refractivity contribution in [1.82, 2.24) is 0 Å². The van der Waals surface area contributed by atoms with Crippen LogP contribution in [-0.4, -0.2) is 18.0 Å². The number of methoxy groups -OCH3 is 1. The van der Waals surface area contributed by atoms with Gasteiger partial charge in [0.1, 0.15) is 5.75 Å². The molecule has 1 aliphatic heterocycles. The maximum absolute atomic E-state index is 12.6. The van der Waals surface area contributed by atoms with Gasteiger partial charge in [0.05, 0.1) is 12.7 Å². The monoisotopic (exact) mass is 318 g/mol. The summed E-state index contributed by atoms with van der Waals surface area (Å²) in [6.45, 7) is 0. The van der Waals surface area contributed by atoms with E-state index in [9.17, 15) is 9.90 Å². The second-order valence-corrected chi connectivity index (χ2v) is 5.53. The Bertz CT molecular complexity index is 1000. The van der Waals surface area contributed by atoms with Crippen LogP contribution in [0, 0.1) is 0 Å². The van der Waals surface area contributed by atoms with E-state index in [-0.39, 0.29) is 17.3 Å². The molecule has 0 spiro atoms. The summed E-state index contributed by atoms with van der Waals surface area (Å²) < 4.78 is 10.9. The number of rotatable bonds is 2. The molecule has 0 atom stereocenters. The lowest BCUT2D eigenvalue weighted by molar-refractivity contribution is 0.101. The van der Waals surface area contributed by atoms with Crippen LogP contribution in [0.1, 0.15) is 15.9 Å². The summed E-state index contributed by atoms with van der Waals surface area (Å²) >= 11 is 0. The van der Waals surface area contributed by atoms with E-state index in [2.05, 4.69) is 0 Å². The summed E-state index contributed by atoms with van der Waals surface area (Å²) in [7, 11) is 1.48. The predicted molar refractivity (Wildman–Crippen MR) is 91.5 cm³/mol. The maximum atomic E-state index is 12.6. The number of ketones is 1. The standard InChI is InChI=1S/C20H14O4/c1-23-17-10-12(6-9-16(17)21)11-18-19(22)15-8-7-13-4-2-3-5-14(13)20(15)24-18/h2-11,21H,1H3. The molecule has 3 aromatic carbocycles. The number of phenols is 1. The number of fused-ring (bicyclic) bond motifs is 3. The quantitative estimate of drug-likeness (QED) is 0.721. The topological polar surface area (TPSA) is 55.8 Å². The minimum Gasteiger partial charge on any atom is -0.504 e. The van der Waals surface area contributed by atoms with Crippen LogP contribution in [-0.2, 0) is 0 Å². The number of hydrogen-bond acceptors (Lipinski definition) is 4. The molecule has 4 nitrogen and oxygen atoms in total.